The minimum Gasteiger partial charge on any atom is -0.357 e. The lowest BCUT2D eigenvalue weighted by Gasteiger charge is -2.25. The predicted molar refractivity (Wildman–Crippen MR) is 117 cm³/mol. The summed E-state index contributed by atoms with van der Waals surface area (Å²) in [6, 6.07) is 0.0514. The molecule has 0 bridgehead atoms. The number of aromatic nitrogens is 1. The molecule has 28 heavy (non-hydrogen) atoms. The van der Waals surface area contributed by atoms with Gasteiger partial charge in [0.05, 0.1) is 16.7 Å². The summed E-state index contributed by atoms with van der Waals surface area (Å²) in [5, 5.41) is 7.87. The Morgan fingerprint density at radius 3 is 2.79 bits per heavy atom. The number of aliphatic imine (C=N–C) groups is 1. The Morgan fingerprint density at radius 1 is 1.36 bits per heavy atom. The van der Waals surface area contributed by atoms with Gasteiger partial charge in [-0.05, 0) is 46.6 Å². The first-order valence-corrected chi connectivity index (χ1v) is 11.1. The number of likely N-dealkylation sites (N-methyl/N-ethyl adjacent to an activating group) is 1. The van der Waals surface area contributed by atoms with E-state index in [2.05, 4.69) is 46.3 Å². The summed E-state index contributed by atoms with van der Waals surface area (Å²) in [6.07, 6.45) is 3.94. The van der Waals surface area contributed by atoms with Crippen LogP contribution in [0.2, 0.25) is 0 Å². The number of nitrogens with zero attached hydrogens (tertiary/aromatic N) is 4. The number of carbonyl (C=O) groups excluding carboxylic acids is 1. The Balaban J connectivity index is 1.74. The molecule has 1 unspecified atom stereocenters. The van der Waals surface area contributed by atoms with E-state index in [1.165, 1.54) is 9.88 Å². The van der Waals surface area contributed by atoms with E-state index in [0.29, 0.717) is 0 Å². The Labute approximate surface area is 173 Å². The highest BCUT2D eigenvalue weighted by Gasteiger charge is 2.30. The number of aryl methyl sites for hydroxylation is 2. The molecule has 158 valence electrons. The third kappa shape index (κ3) is 6.74. The number of thiazole rings is 1. The van der Waals surface area contributed by atoms with Gasteiger partial charge in [-0.2, -0.15) is 0 Å². The number of rotatable bonds is 9. The van der Waals surface area contributed by atoms with Gasteiger partial charge in [-0.3, -0.25) is 14.7 Å². The van der Waals surface area contributed by atoms with Gasteiger partial charge in [0.15, 0.2) is 5.96 Å². The van der Waals surface area contributed by atoms with Crippen LogP contribution < -0.4 is 10.6 Å². The van der Waals surface area contributed by atoms with E-state index in [0.717, 1.165) is 70.1 Å². The molecule has 8 heteroatoms. The van der Waals surface area contributed by atoms with Crippen LogP contribution in [0, 0.1) is 13.8 Å². The first kappa shape index (κ1) is 22.6. The summed E-state index contributed by atoms with van der Waals surface area (Å²) < 4.78 is 0. The van der Waals surface area contributed by atoms with Gasteiger partial charge < -0.3 is 15.5 Å². The van der Waals surface area contributed by atoms with Crippen molar-refractivity contribution < 1.29 is 4.79 Å². The van der Waals surface area contributed by atoms with Crippen molar-refractivity contribution in [1.82, 2.24) is 25.4 Å². The Kier molecular flexibility index (Phi) is 9.18. The maximum Gasteiger partial charge on any atom is 0.239 e. The number of likely N-dealkylation sites (tertiary alicyclic amines) is 1. The van der Waals surface area contributed by atoms with Gasteiger partial charge >= 0.3 is 0 Å². The lowest BCUT2D eigenvalue weighted by atomic mass is 10.2. The molecule has 1 aliphatic rings. The van der Waals surface area contributed by atoms with Crippen LogP contribution in [0.15, 0.2) is 4.99 Å². The largest absolute Gasteiger partial charge is 0.357 e. The fourth-order valence-electron chi connectivity index (χ4n) is 3.41. The number of hydrogen-bond acceptors (Lipinski definition) is 5. The SMILES string of the molecule is CCNC(=NCCCN1CCCC1C(=O)N(C)C)NCCc1nc(C)c(C)s1. The molecule has 0 radical (unpaired) electrons. The van der Waals surface area contributed by atoms with Crippen molar-refractivity contribution in [3.63, 3.8) is 0 Å². The van der Waals surface area contributed by atoms with E-state index < -0.39 is 0 Å². The molecule has 0 spiro atoms. The summed E-state index contributed by atoms with van der Waals surface area (Å²) >= 11 is 1.77. The van der Waals surface area contributed by atoms with Crippen molar-refractivity contribution in [2.45, 2.75) is 52.5 Å². The maximum absolute atomic E-state index is 12.3. The molecule has 2 N–H and O–H groups in total. The molecule has 2 heterocycles. The molecule has 1 amide bonds. The molecule has 1 aromatic rings. The van der Waals surface area contributed by atoms with E-state index in [1.54, 1.807) is 16.2 Å². The predicted octanol–water partition coefficient (Wildman–Crippen LogP) is 1.80. The molecule has 0 saturated carbocycles. The van der Waals surface area contributed by atoms with E-state index in [9.17, 15) is 4.79 Å². The Morgan fingerprint density at radius 2 is 2.14 bits per heavy atom. The average molecular weight is 409 g/mol. The van der Waals surface area contributed by atoms with Crippen LogP contribution in [0.3, 0.4) is 0 Å². The normalized spacial score (nSPS) is 17.8. The van der Waals surface area contributed by atoms with Crippen molar-refractivity contribution in [2.75, 3.05) is 46.8 Å². The highest BCUT2D eigenvalue weighted by molar-refractivity contribution is 7.11. The maximum atomic E-state index is 12.3. The van der Waals surface area contributed by atoms with Crippen LogP contribution in [0.5, 0.6) is 0 Å². The van der Waals surface area contributed by atoms with Gasteiger partial charge in [0.2, 0.25) is 5.91 Å². The molecule has 1 aliphatic heterocycles. The highest BCUT2D eigenvalue weighted by atomic mass is 32.1. The third-order valence-corrected chi connectivity index (χ3v) is 6.14. The number of nitrogens with one attached hydrogen (secondary N) is 2. The van der Waals surface area contributed by atoms with Gasteiger partial charge in [0, 0.05) is 51.6 Å². The fourth-order valence-corrected chi connectivity index (χ4v) is 4.35. The molecule has 1 fully saturated rings. The van der Waals surface area contributed by atoms with E-state index >= 15 is 0 Å². The van der Waals surface area contributed by atoms with E-state index in [1.807, 2.05) is 14.1 Å². The lowest BCUT2D eigenvalue weighted by molar-refractivity contribution is -0.133. The zero-order chi connectivity index (χ0) is 20.5. The molecule has 0 aromatic carbocycles. The molecule has 1 atom stereocenters. The number of guanidine groups is 1. The zero-order valence-corrected chi connectivity index (χ0v) is 18.9. The highest BCUT2D eigenvalue weighted by Crippen LogP contribution is 2.19. The van der Waals surface area contributed by atoms with Crippen LogP contribution in [-0.2, 0) is 11.2 Å². The van der Waals surface area contributed by atoms with E-state index in [-0.39, 0.29) is 11.9 Å². The number of carbonyl (C=O) groups is 1. The zero-order valence-electron chi connectivity index (χ0n) is 18.0. The third-order valence-electron chi connectivity index (χ3n) is 5.01. The van der Waals surface area contributed by atoms with Crippen molar-refractivity contribution in [1.29, 1.82) is 0 Å². The minimum atomic E-state index is 0.0514. The molecule has 1 aromatic heterocycles. The summed E-state index contributed by atoms with van der Waals surface area (Å²) in [5.74, 6) is 1.08. The molecular weight excluding hydrogens is 372 g/mol. The van der Waals surface area contributed by atoms with E-state index in [4.69, 9.17) is 0 Å². The standard InChI is InChI=1S/C20H36N6OS/c1-6-21-20(23-12-10-18-24-15(2)16(3)28-18)22-11-8-14-26-13-7-9-17(26)19(27)25(4)5/h17H,6-14H2,1-5H3,(H2,21,22,23). The van der Waals surface area contributed by atoms with Crippen LogP contribution in [-0.4, -0.2) is 79.5 Å². The lowest BCUT2D eigenvalue weighted by Crippen LogP contribution is -2.43. The Bertz CT molecular complexity index is 638. The van der Waals surface area contributed by atoms with Crippen LogP contribution in [0.4, 0.5) is 0 Å². The monoisotopic (exact) mass is 408 g/mol. The van der Waals surface area contributed by atoms with Crippen molar-refractivity contribution >= 4 is 23.2 Å². The first-order chi connectivity index (χ1) is 13.4. The topological polar surface area (TPSA) is 72.9 Å². The molecule has 2 rings (SSSR count). The van der Waals surface area contributed by atoms with Crippen molar-refractivity contribution in [3.05, 3.63) is 15.6 Å². The molecule has 0 aliphatic carbocycles. The van der Waals surface area contributed by atoms with Gasteiger partial charge in [-0.1, -0.05) is 0 Å². The van der Waals surface area contributed by atoms with Gasteiger partial charge in [-0.25, -0.2) is 4.98 Å². The van der Waals surface area contributed by atoms with Crippen molar-refractivity contribution in [3.8, 4) is 0 Å². The Hall–Kier alpha value is -1.67. The van der Waals surface area contributed by atoms with Crippen LogP contribution in [0.25, 0.3) is 0 Å². The average Bonchev–Trinajstić information content (AvgIpc) is 3.24. The second-order valence-electron chi connectivity index (χ2n) is 7.47. The first-order valence-electron chi connectivity index (χ1n) is 10.3. The van der Waals surface area contributed by atoms with Crippen LogP contribution >= 0.6 is 11.3 Å². The minimum absolute atomic E-state index is 0.0514. The van der Waals surface area contributed by atoms with Gasteiger partial charge in [0.25, 0.3) is 0 Å². The van der Waals surface area contributed by atoms with Gasteiger partial charge in [0.1, 0.15) is 0 Å². The summed E-state index contributed by atoms with van der Waals surface area (Å²) in [5.41, 5.74) is 1.13. The number of hydrogen-bond donors (Lipinski definition) is 2. The summed E-state index contributed by atoms with van der Waals surface area (Å²) in [7, 11) is 3.68. The molecule has 7 nitrogen and oxygen atoms in total. The van der Waals surface area contributed by atoms with Crippen LogP contribution in [0.1, 0.15) is 41.8 Å². The second kappa shape index (κ2) is 11.4. The molecule has 1 saturated heterocycles. The number of amides is 1. The molecular formula is C20H36N6OS. The van der Waals surface area contributed by atoms with Gasteiger partial charge in [-0.15, -0.1) is 11.3 Å². The van der Waals surface area contributed by atoms with Crippen molar-refractivity contribution in [2.24, 2.45) is 4.99 Å². The summed E-state index contributed by atoms with van der Waals surface area (Å²) in [6.45, 7) is 10.6. The second-order valence-corrected chi connectivity index (χ2v) is 8.75. The quantitative estimate of drug-likeness (QED) is 0.370. The summed E-state index contributed by atoms with van der Waals surface area (Å²) in [4.78, 5) is 26.9. The fraction of sp³-hybridized carbons (Fsp3) is 0.750. The smallest absolute Gasteiger partial charge is 0.239 e.